The molecule has 1 heterocycles. The summed E-state index contributed by atoms with van der Waals surface area (Å²) in [6.45, 7) is 4.77. The van der Waals surface area contributed by atoms with Crippen molar-refractivity contribution < 1.29 is 19.4 Å². The molecule has 0 radical (unpaired) electrons. The van der Waals surface area contributed by atoms with Crippen LogP contribution < -0.4 is 0 Å². The molecule has 1 amide bonds. The number of allylic oxidation sites excluding steroid dienone is 1. The fourth-order valence-electron chi connectivity index (χ4n) is 2.68. The Hall–Kier alpha value is -2.56. The Labute approximate surface area is 135 Å². The number of nitrogens with zero attached hydrogens (tertiary/aromatic N) is 1. The molecule has 1 saturated heterocycles. The highest BCUT2D eigenvalue weighted by Crippen LogP contribution is 2.26. The monoisotopic (exact) mass is 315 g/mol. The van der Waals surface area contributed by atoms with Crippen LogP contribution in [0.25, 0.3) is 0 Å². The van der Waals surface area contributed by atoms with E-state index in [2.05, 4.69) is 6.58 Å². The first-order chi connectivity index (χ1) is 11.1. The van der Waals surface area contributed by atoms with Gasteiger partial charge in [-0.1, -0.05) is 36.4 Å². The van der Waals surface area contributed by atoms with E-state index < -0.39 is 12.1 Å². The van der Waals surface area contributed by atoms with Crippen molar-refractivity contribution in [3.05, 3.63) is 60.2 Å². The normalized spacial score (nSPS) is 19.4. The van der Waals surface area contributed by atoms with E-state index in [-0.39, 0.29) is 12.5 Å². The average Bonchev–Trinajstić information content (AvgIpc) is 2.55. The van der Waals surface area contributed by atoms with Gasteiger partial charge in [-0.05, 0) is 29.9 Å². The van der Waals surface area contributed by atoms with E-state index in [1.54, 1.807) is 11.0 Å². The van der Waals surface area contributed by atoms with Crippen LogP contribution >= 0.6 is 0 Å². The predicted molar refractivity (Wildman–Crippen MR) is 86.8 cm³/mol. The van der Waals surface area contributed by atoms with E-state index in [0.717, 1.165) is 11.1 Å². The molecule has 0 bridgehead atoms. The van der Waals surface area contributed by atoms with E-state index in [0.29, 0.717) is 25.9 Å². The molecule has 1 aliphatic heterocycles. The van der Waals surface area contributed by atoms with Gasteiger partial charge in [-0.3, -0.25) is 0 Å². The van der Waals surface area contributed by atoms with E-state index in [1.165, 1.54) is 6.08 Å². The number of likely N-dealkylation sites (tertiary alicyclic amines) is 1. The Kier molecular flexibility index (Phi) is 5.97. The maximum atomic E-state index is 12.2. The van der Waals surface area contributed by atoms with Crippen molar-refractivity contribution in [2.75, 3.05) is 13.1 Å². The highest BCUT2D eigenvalue weighted by molar-refractivity contribution is 5.81. The molecule has 122 valence electrons. The second-order valence-corrected chi connectivity index (χ2v) is 5.53. The van der Waals surface area contributed by atoms with Gasteiger partial charge in [-0.25, -0.2) is 9.59 Å². The summed E-state index contributed by atoms with van der Waals surface area (Å²) in [6, 6.07) is 9.45. The maximum Gasteiger partial charge on any atom is 0.410 e. The van der Waals surface area contributed by atoms with Crippen molar-refractivity contribution in [3.63, 3.8) is 0 Å². The Morgan fingerprint density at radius 3 is 2.74 bits per heavy atom. The molecule has 1 aliphatic rings. The van der Waals surface area contributed by atoms with Gasteiger partial charge in [0.1, 0.15) is 6.61 Å². The van der Waals surface area contributed by atoms with Crippen LogP contribution in [0.1, 0.15) is 18.4 Å². The van der Waals surface area contributed by atoms with Crippen LogP contribution in [0.15, 0.2) is 54.6 Å². The number of ether oxygens (including phenoxy) is 1. The van der Waals surface area contributed by atoms with Crippen molar-refractivity contribution >= 4 is 12.1 Å². The fourth-order valence-corrected chi connectivity index (χ4v) is 2.68. The molecule has 1 atom stereocenters. The van der Waals surface area contributed by atoms with E-state index >= 15 is 0 Å². The molecule has 1 fully saturated rings. The van der Waals surface area contributed by atoms with Crippen LogP contribution in [-0.2, 0) is 16.1 Å². The van der Waals surface area contributed by atoms with E-state index in [9.17, 15) is 9.59 Å². The number of aliphatic carboxylic acids is 1. The van der Waals surface area contributed by atoms with Crippen molar-refractivity contribution in [1.29, 1.82) is 0 Å². The summed E-state index contributed by atoms with van der Waals surface area (Å²) in [5.41, 5.74) is 1.66. The molecule has 0 aliphatic carbocycles. The first-order valence-corrected chi connectivity index (χ1v) is 7.60. The first-order valence-electron chi connectivity index (χ1n) is 7.60. The summed E-state index contributed by atoms with van der Waals surface area (Å²) < 4.78 is 5.31. The molecule has 5 nitrogen and oxygen atoms in total. The Morgan fingerprint density at radius 2 is 2.09 bits per heavy atom. The number of hydrogen-bond acceptors (Lipinski definition) is 3. The van der Waals surface area contributed by atoms with Gasteiger partial charge in [-0.2, -0.15) is 0 Å². The topological polar surface area (TPSA) is 66.8 Å². The largest absolute Gasteiger partial charge is 0.478 e. The van der Waals surface area contributed by atoms with Gasteiger partial charge in [-0.15, -0.1) is 6.58 Å². The average molecular weight is 315 g/mol. The maximum absolute atomic E-state index is 12.2. The van der Waals surface area contributed by atoms with Crippen LogP contribution in [0.3, 0.4) is 0 Å². The Bertz CT molecular complexity index is 594. The highest BCUT2D eigenvalue weighted by Gasteiger charge is 2.27. The molecule has 2 rings (SSSR count). The molecule has 1 unspecified atom stereocenters. The quantitative estimate of drug-likeness (QED) is 0.669. The lowest BCUT2D eigenvalue weighted by molar-refractivity contribution is -0.131. The molecule has 5 heteroatoms. The van der Waals surface area contributed by atoms with Crippen molar-refractivity contribution in [3.8, 4) is 0 Å². The SMILES string of the molecule is C=CCC1CCN(C(=O)OCc2ccccc2)CC1=CC(=O)O. The van der Waals surface area contributed by atoms with Crippen molar-refractivity contribution in [2.45, 2.75) is 19.4 Å². The van der Waals surface area contributed by atoms with Crippen LogP contribution in [0.4, 0.5) is 4.79 Å². The van der Waals surface area contributed by atoms with Gasteiger partial charge in [0.2, 0.25) is 0 Å². The number of carbonyl (C=O) groups is 2. The van der Waals surface area contributed by atoms with E-state index in [1.807, 2.05) is 30.3 Å². The first kappa shape index (κ1) is 16.8. The Balaban J connectivity index is 1.96. The van der Waals surface area contributed by atoms with Crippen molar-refractivity contribution in [2.24, 2.45) is 5.92 Å². The van der Waals surface area contributed by atoms with Crippen LogP contribution in [0, 0.1) is 5.92 Å². The standard InChI is InChI=1S/C18H21NO4/c1-2-6-15-9-10-19(12-16(15)11-17(20)21)18(22)23-13-14-7-4-3-5-8-14/h2-5,7-8,11,15H,1,6,9-10,12-13H2,(H,20,21). The van der Waals surface area contributed by atoms with Crippen LogP contribution in [0.2, 0.25) is 0 Å². The number of amides is 1. The highest BCUT2D eigenvalue weighted by atomic mass is 16.6. The summed E-state index contributed by atoms with van der Waals surface area (Å²) in [5.74, 6) is -0.865. The molecule has 23 heavy (non-hydrogen) atoms. The van der Waals surface area contributed by atoms with E-state index in [4.69, 9.17) is 9.84 Å². The molecule has 1 aromatic carbocycles. The van der Waals surface area contributed by atoms with Gasteiger partial charge >= 0.3 is 12.1 Å². The minimum atomic E-state index is -0.992. The summed E-state index contributed by atoms with van der Waals surface area (Å²) in [6.07, 6.45) is 3.99. The molecule has 0 aromatic heterocycles. The number of benzene rings is 1. The second kappa shape index (κ2) is 8.17. The van der Waals surface area contributed by atoms with Gasteiger partial charge < -0.3 is 14.7 Å². The van der Waals surface area contributed by atoms with Crippen LogP contribution in [-0.4, -0.2) is 35.2 Å². The van der Waals surface area contributed by atoms with Crippen molar-refractivity contribution in [1.82, 2.24) is 4.90 Å². The summed E-state index contributed by atoms with van der Waals surface area (Å²) in [7, 11) is 0. The number of rotatable bonds is 5. The van der Waals surface area contributed by atoms with Crippen LogP contribution in [0.5, 0.6) is 0 Å². The third kappa shape index (κ3) is 4.98. The summed E-state index contributed by atoms with van der Waals surface area (Å²) in [5, 5.41) is 8.99. The summed E-state index contributed by atoms with van der Waals surface area (Å²) >= 11 is 0. The van der Waals surface area contributed by atoms with Gasteiger partial charge in [0.15, 0.2) is 0 Å². The second-order valence-electron chi connectivity index (χ2n) is 5.53. The Morgan fingerprint density at radius 1 is 1.35 bits per heavy atom. The minimum Gasteiger partial charge on any atom is -0.478 e. The number of carbonyl (C=O) groups excluding carboxylic acids is 1. The smallest absolute Gasteiger partial charge is 0.410 e. The predicted octanol–water partition coefficient (Wildman–Crippen LogP) is 3.23. The zero-order valence-corrected chi connectivity index (χ0v) is 13.0. The van der Waals surface area contributed by atoms with Gasteiger partial charge in [0, 0.05) is 19.2 Å². The zero-order chi connectivity index (χ0) is 16.7. The number of carboxylic acids is 1. The lowest BCUT2D eigenvalue weighted by atomic mass is 9.88. The molecular formula is C18H21NO4. The number of piperidine rings is 1. The zero-order valence-electron chi connectivity index (χ0n) is 13.0. The molecule has 1 N–H and O–H groups in total. The number of hydrogen-bond donors (Lipinski definition) is 1. The number of carboxylic acid groups (broad SMARTS) is 1. The van der Waals surface area contributed by atoms with Gasteiger partial charge in [0.25, 0.3) is 0 Å². The minimum absolute atomic E-state index is 0.127. The molecule has 1 aromatic rings. The third-order valence-corrected chi connectivity index (χ3v) is 3.87. The summed E-state index contributed by atoms with van der Waals surface area (Å²) in [4.78, 5) is 24.7. The lowest BCUT2D eigenvalue weighted by Gasteiger charge is -2.33. The molecule has 0 spiro atoms. The fraction of sp³-hybridized carbons (Fsp3) is 0.333. The third-order valence-electron chi connectivity index (χ3n) is 3.87. The lowest BCUT2D eigenvalue weighted by Crippen LogP contribution is -2.40. The molecule has 0 saturated carbocycles. The van der Waals surface area contributed by atoms with Gasteiger partial charge in [0.05, 0.1) is 0 Å². The molecular weight excluding hydrogens is 294 g/mol.